The van der Waals surface area contributed by atoms with Crippen LogP contribution in [0, 0.1) is 20.8 Å². The highest BCUT2D eigenvalue weighted by Crippen LogP contribution is 2.36. The van der Waals surface area contributed by atoms with Crippen molar-refractivity contribution in [3.8, 4) is 28.4 Å². The van der Waals surface area contributed by atoms with Crippen LogP contribution in [0.25, 0.3) is 22.6 Å². The number of morpholine rings is 1. The number of aromatic nitrogens is 3. The van der Waals surface area contributed by atoms with Gasteiger partial charge in [0.2, 0.25) is 0 Å². The van der Waals surface area contributed by atoms with Crippen molar-refractivity contribution in [1.82, 2.24) is 25.3 Å². The van der Waals surface area contributed by atoms with Gasteiger partial charge in [-0.25, -0.2) is 14.8 Å². The highest BCUT2D eigenvalue weighted by Gasteiger charge is 2.30. The zero-order valence-electron chi connectivity index (χ0n) is 24.9. The fourth-order valence-corrected chi connectivity index (χ4v) is 4.88. The number of hydrogen-bond donors (Lipinski definition) is 3. The Morgan fingerprint density at radius 1 is 1.26 bits per heavy atom. The third-order valence-electron chi connectivity index (χ3n) is 6.78. The van der Waals surface area contributed by atoms with Gasteiger partial charge < -0.3 is 34.5 Å². The lowest BCUT2D eigenvalue weighted by Gasteiger charge is -2.35. The number of likely N-dealkylation sites (N-methyl/N-ethyl adjacent to an activating group) is 1. The Balaban J connectivity index is 1.70. The fourth-order valence-electron chi connectivity index (χ4n) is 4.67. The second kappa shape index (κ2) is 14.1. The van der Waals surface area contributed by atoms with Gasteiger partial charge >= 0.3 is 6.09 Å². The van der Waals surface area contributed by atoms with E-state index < -0.39 is 6.10 Å². The van der Waals surface area contributed by atoms with Crippen LogP contribution in [0.15, 0.2) is 22.7 Å². The van der Waals surface area contributed by atoms with Gasteiger partial charge in [0, 0.05) is 30.8 Å². The molecule has 0 spiro atoms. The molecular formula is C29H39ClN6O6. The van der Waals surface area contributed by atoms with Crippen molar-refractivity contribution in [2.75, 3.05) is 51.8 Å². The van der Waals surface area contributed by atoms with Gasteiger partial charge in [0.15, 0.2) is 5.82 Å². The number of nitrogens with one attached hydrogen (secondary N) is 2. The summed E-state index contributed by atoms with van der Waals surface area (Å²) in [5, 5.41) is 21.0. The minimum atomic E-state index is -0.673. The van der Waals surface area contributed by atoms with Gasteiger partial charge in [-0.15, -0.1) is 0 Å². The number of halogens is 1. The Labute approximate surface area is 250 Å². The van der Waals surface area contributed by atoms with E-state index in [0.717, 1.165) is 11.1 Å². The predicted octanol–water partition coefficient (Wildman–Crippen LogP) is 3.99. The molecule has 3 aromatic rings. The van der Waals surface area contributed by atoms with Crippen LogP contribution < -0.4 is 15.4 Å². The van der Waals surface area contributed by atoms with Crippen molar-refractivity contribution < 1.29 is 28.6 Å². The van der Waals surface area contributed by atoms with Gasteiger partial charge in [-0.3, -0.25) is 4.90 Å². The fraction of sp³-hybridized carbons (Fsp3) is 0.517. The number of aliphatic hydroxyl groups is 1. The first-order chi connectivity index (χ1) is 20.1. The highest BCUT2D eigenvalue weighted by atomic mass is 35.5. The maximum Gasteiger partial charge on any atom is 0.410 e. The van der Waals surface area contributed by atoms with E-state index in [4.69, 9.17) is 40.3 Å². The van der Waals surface area contributed by atoms with E-state index in [1.54, 1.807) is 30.1 Å². The summed E-state index contributed by atoms with van der Waals surface area (Å²) in [5.74, 6) is 2.06. The lowest BCUT2D eigenvalue weighted by molar-refractivity contribution is -0.0114. The second-order valence-electron chi connectivity index (χ2n) is 10.5. The zero-order chi connectivity index (χ0) is 30.4. The topological polar surface area (TPSA) is 144 Å². The molecule has 0 radical (unpaired) electrons. The van der Waals surface area contributed by atoms with Crippen LogP contribution in [0.1, 0.15) is 30.9 Å². The molecule has 1 aliphatic rings. The minimum absolute atomic E-state index is 0.104. The van der Waals surface area contributed by atoms with Gasteiger partial charge in [0.1, 0.15) is 30.0 Å². The van der Waals surface area contributed by atoms with Crippen molar-refractivity contribution in [2.45, 2.75) is 52.9 Å². The molecule has 2 atom stereocenters. The molecular weight excluding hydrogens is 564 g/mol. The summed E-state index contributed by atoms with van der Waals surface area (Å²) in [6.45, 7) is 11.4. The molecule has 42 heavy (non-hydrogen) atoms. The van der Waals surface area contributed by atoms with E-state index in [9.17, 15) is 9.90 Å². The van der Waals surface area contributed by atoms with Gasteiger partial charge in [0.05, 0.1) is 47.3 Å². The van der Waals surface area contributed by atoms with Crippen LogP contribution in [0.4, 0.5) is 10.6 Å². The van der Waals surface area contributed by atoms with Crippen LogP contribution in [0.2, 0.25) is 5.02 Å². The van der Waals surface area contributed by atoms with Crippen LogP contribution in [0.3, 0.4) is 0 Å². The molecule has 13 heteroatoms. The Bertz CT molecular complexity index is 1360. The third kappa shape index (κ3) is 7.49. The summed E-state index contributed by atoms with van der Waals surface area (Å²) < 4.78 is 22.4. The summed E-state index contributed by atoms with van der Waals surface area (Å²) >= 11 is 6.65. The standard InChI is InChI=1S/C29H39ClN6O6/c1-16(2)41-29(38)36-9-10-39-14-20(36)12-32-27-17(3)26(25-18(4)35-42-19(25)5)33-28(34-27)23-11-22(7-8-24(23)30)40-15-21(37)13-31-6/h7-8,11,16,20-21,31,37H,9-10,12-15H2,1-6H3,(H,32,33,34)/t20-,21+/m0/s1. The number of carbonyl (C=O) groups is 1. The first kappa shape index (κ1) is 31.5. The average molecular weight is 603 g/mol. The number of benzene rings is 1. The van der Waals surface area contributed by atoms with Gasteiger partial charge in [0.25, 0.3) is 0 Å². The van der Waals surface area contributed by atoms with E-state index >= 15 is 0 Å². The van der Waals surface area contributed by atoms with Crippen LogP contribution in [0.5, 0.6) is 5.75 Å². The summed E-state index contributed by atoms with van der Waals surface area (Å²) in [6, 6.07) is 4.92. The first-order valence-electron chi connectivity index (χ1n) is 13.9. The van der Waals surface area contributed by atoms with E-state index in [0.29, 0.717) is 78.0 Å². The molecule has 1 aliphatic heterocycles. The number of anilines is 1. The lowest BCUT2D eigenvalue weighted by Crippen LogP contribution is -2.52. The predicted molar refractivity (Wildman–Crippen MR) is 159 cm³/mol. The molecule has 1 saturated heterocycles. The summed E-state index contributed by atoms with van der Waals surface area (Å²) in [6.07, 6.45) is -1.28. The molecule has 0 aliphatic carbocycles. The van der Waals surface area contributed by atoms with Crippen LogP contribution >= 0.6 is 11.6 Å². The Morgan fingerprint density at radius 3 is 2.74 bits per heavy atom. The monoisotopic (exact) mass is 602 g/mol. The number of aryl methyl sites for hydroxylation is 2. The molecule has 3 heterocycles. The Kier molecular flexibility index (Phi) is 10.6. The Hall–Kier alpha value is -3.45. The molecule has 4 rings (SSSR count). The van der Waals surface area contributed by atoms with Crippen LogP contribution in [-0.4, -0.2) is 96.0 Å². The number of amides is 1. The number of ether oxygens (including phenoxy) is 3. The molecule has 228 valence electrons. The quantitative estimate of drug-likeness (QED) is 0.293. The summed E-state index contributed by atoms with van der Waals surface area (Å²) in [7, 11) is 1.76. The number of carbonyl (C=O) groups excluding carboxylic acids is 1. The van der Waals surface area contributed by atoms with Crippen molar-refractivity contribution in [3.63, 3.8) is 0 Å². The lowest BCUT2D eigenvalue weighted by atomic mass is 10.0. The molecule has 2 aromatic heterocycles. The molecule has 1 amide bonds. The molecule has 0 bridgehead atoms. The largest absolute Gasteiger partial charge is 0.491 e. The molecule has 0 unspecified atom stereocenters. The van der Waals surface area contributed by atoms with E-state index in [1.807, 2.05) is 34.6 Å². The molecule has 1 aromatic carbocycles. The minimum Gasteiger partial charge on any atom is -0.491 e. The number of nitrogens with zero attached hydrogens (tertiary/aromatic N) is 4. The van der Waals surface area contributed by atoms with Crippen molar-refractivity contribution in [1.29, 1.82) is 0 Å². The Morgan fingerprint density at radius 2 is 2.05 bits per heavy atom. The van der Waals surface area contributed by atoms with E-state index in [-0.39, 0.29) is 24.8 Å². The number of hydrogen-bond acceptors (Lipinski definition) is 11. The average Bonchev–Trinajstić information content (AvgIpc) is 3.29. The number of rotatable bonds is 11. The van der Waals surface area contributed by atoms with E-state index in [1.165, 1.54) is 0 Å². The van der Waals surface area contributed by atoms with Gasteiger partial charge in [-0.2, -0.15) is 0 Å². The SMILES string of the molecule is CNC[C@@H](O)COc1ccc(Cl)c(-c2nc(NC[C@H]3COCCN3C(=O)OC(C)C)c(C)c(-c3c(C)noc3C)n2)c1. The smallest absolute Gasteiger partial charge is 0.410 e. The third-order valence-corrected chi connectivity index (χ3v) is 7.11. The van der Waals surface area contributed by atoms with Crippen molar-refractivity contribution >= 4 is 23.5 Å². The van der Waals surface area contributed by atoms with Crippen molar-refractivity contribution in [2.24, 2.45) is 0 Å². The molecule has 0 saturated carbocycles. The van der Waals surface area contributed by atoms with Gasteiger partial charge in [-0.05, 0) is 59.9 Å². The number of aliphatic hydroxyl groups excluding tert-OH is 1. The highest BCUT2D eigenvalue weighted by molar-refractivity contribution is 6.33. The maximum atomic E-state index is 12.8. The van der Waals surface area contributed by atoms with Gasteiger partial charge in [-0.1, -0.05) is 16.8 Å². The molecule has 1 fully saturated rings. The summed E-state index contributed by atoms with van der Waals surface area (Å²) in [4.78, 5) is 24.2. The zero-order valence-corrected chi connectivity index (χ0v) is 25.6. The molecule has 3 N–H and O–H groups in total. The normalized spacial score (nSPS) is 16.0. The van der Waals surface area contributed by atoms with Crippen molar-refractivity contribution in [3.05, 3.63) is 40.2 Å². The van der Waals surface area contributed by atoms with Crippen LogP contribution in [-0.2, 0) is 9.47 Å². The molecule has 12 nitrogen and oxygen atoms in total. The first-order valence-corrected chi connectivity index (χ1v) is 14.3. The second-order valence-corrected chi connectivity index (χ2v) is 10.9. The summed E-state index contributed by atoms with van der Waals surface area (Å²) in [5.41, 5.74) is 3.43. The maximum absolute atomic E-state index is 12.8. The van der Waals surface area contributed by atoms with E-state index in [2.05, 4.69) is 15.8 Å².